The lowest BCUT2D eigenvalue weighted by Gasteiger charge is -2.32. The van der Waals surface area contributed by atoms with E-state index in [-0.39, 0.29) is 11.9 Å². The Balaban J connectivity index is 1.94. The third-order valence-electron chi connectivity index (χ3n) is 2.73. The summed E-state index contributed by atoms with van der Waals surface area (Å²) in [6.45, 7) is 4.20. The molecule has 2 rings (SSSR count). The van der Waals surface area contributed by atoms with Crippen molar-refractivity contribution in [1.82, 2.24) is 10.2 Å². The van der Waals surface area contributed by atoms with E-state index in [1.54, 1.807) is 6.26 Å². The Morgan fingerprint density at radius 1 is 1.67 bits per heavy atom. The quantitative estimate of drug-likeness (QED) is 0.793. The first-order chi connectivity index (χ1) is 7.27. The number of hydrogen-bond acceptors (Lipinski definition) is 3. The van der Waals surface area contributed by atoms with Crippen molar-refractivity contribution in [3.8, 4) is 0 Å². The summed E-state index contributed by atoms with van der Waals surface area (Å²) in [6, 6.07) is 4.04. The van der Waals surface area contributed by atoms with Crippen molar-refractivity contribution in [3.05, 3.63) is 24.2 Å². The number of nitrogens with one attached hydrogen (secondary N) is 1. The van der Waals surface area contributed by atoms with E-state index in [9.17, 15) is 4.79 Å². The Morgan fingerprint density at radius 2 is 2.53 bits per heavy atom. The summed E-state index contributed by atoms with van der Waals surface area (Å²) >= 11 is 0. The second-order valence-electron chi connectivity index (χ2n) is 3.90. The molecule has 15 heavy (non-hydrogen) atoms. The van der Waals surface area contributed by atoms with Crippen LogP contribution in [-0.2, 0) is 11.2 Å². The van der Waals surface area contributed by atoms with E-state index in [1.165, 1.54) is 0 Å². The molecule has 1 saturated heterocycles. The van der Waals surface area contributed by atoms with Gasteiger partial charge in [-0.3, -0.25) is 4.79 Å². The van der Waals surface area contributed by atoms with Gasteiger partial charge in [0.05, 0.1) is 12.8 Å². The SMILES string of the molecule is CC(Cc1ccco1)N1CCNCC1=O. The minimum absolute atomic E-state index is 0.181. The van der Waals surface area contributed by atoms with Crippen LogP contribution >= 0.6 is 0 Å². The number of nitrogens with zero attached hydrogens (tertiary/aromatic N) is 1. The highest BCUT2D eigenvalue weighted by molar-refractivity contribution is 5.79. The monoisotopic (exact) mass is 208 g/mol. The summed E-state index contributed by atoms with van der Waals surface area (Å²) in [5.41, 5.74) is 0. The smallest absolute Gasteiger partial charge is 0.236 e. The van der Waals surface area contributed by atoms with Gasteiger partial charge in [0.15, 0.2) is 0 Å². The van der Waals surface area contributed by atoms with Crippen LogP contribution in [0, 0.1) is 0 Å². The fourth-order valence-electron chi connectivity index (χ4n) is 1.92. The van der Waals surface area contributed by atoms with Gasteiger partial charge in [0.25, 0.3) is 0 Å². The molecule has 4 nitrogen and oxygen atoms in total. The largest absolute Gasteiger partial charge is 0.469 e. The summed E-state index contributed by atoms with van der Waals surface area (Å²) in [4.78, 5) is 13.5. The molecule has 1 amide bonds. The van der Waals surface area contributed by atoms with Gasteiger partial charge in [-0.15, -0.1) is 0 Å². The van der Waals surface area contributed by atoms with Crippen molar-refractivity contribution in [1.29, 1.82) is 0 Å². The highest BCUT2D eigenvalue weighted by Crippen LogP contribution is 2.10. The second kappa shape index (κ2) is 4.49. The Kier molecular flexibility index (Phi) is 3.06. The third kappa shape index (κ3) is 2.39. The van der Waals surface area contributed by atoms with E-state index in [4.69, 9.17) is 4.42 Å². The van der Waals surface area contributed by atoms with Crippen LogP contribution in [0.4, 0.5) is 0 Å². The first-order valence-electron chi connectivity index (χ1n) is 5.30. The van der Waals surface area contributed by atoms with Gasteiger partial charge in [0.2, 0.25) is 5.91 Å². The van der Waals surface area contributed by atoms with Gasteiger partial charge < -0.3 is 14.6 Å². The Hall–Kier alpha value is -1.29. The number of carbonyl (C=O) groups excluding carboxylic acids is 1. The fourth-order valence-corrected chi connectivity index (χ4v) is 1.92. The zero-order valence-electron chi connectivity index (χ0n) is 8.90. The topological polar surface area (TPSA) is 45.5 Å². The minimum Gasteiger partial charge on any atom is -0.469 e. The Morgan fingerprint density at radius 3 is 3.20 bits per heavy atom. The van der Waals surface area contributed by atoms with Gasteiger partial charge >= 0.3 is 0 Å². The third-order valence-corrected chi connectivity index (χ3v) is 2.73. The summed E-state index contributed by atoms with van der Waals surface area (Å²) in [6.07, 6.45) is 2.46. The molecule has 1 fully saturated rings. The number of amides is 1. The molecule has 1 unspecified atom stereocenters. The van der Waals surface area contributed by atoms with Crippen LogP contribution in [0.3, 0.4) is 0 Å². The van der Waals surface area contributed by atoms with Crippen molar-refractivity contribution in [2.45, 2.75) is 19.4 Å². The average Bonchev–Trinajstić information content (AvgIpc) is 2.71. The number of hydrogen-bond donors (Lipinski definition) is 1. The predicted molar refractivity (Wildman–Crippen MR) is 56.5 cm³/mol. The number of furan rings is 1. The van der Waals surface area contributed by atoms with Gasteiger partial charge in [0.1, 0.15) is 5.76 Å². The summed E-state index contributed by atoms with van der Waals surface area (Å²) < 4.78 is 5.28. The zero-order chi connectivity index (χ0) is 10.7. The molecule has 1 aliphatic heterocycles. The van der Waals surface area contributed by atoms with E-state index >= 15 is 0 Å². The minimum atomic E-state index is 0.181. The molecule has 4 heteroatoms. The van der Waals surface area contributed by atoms with E-state index in [1.807, 2.05) is 17.0 Å². The number of rotatable bonds is 3. The normalized spacial score (nSPS) is 19.3. The fraction of sp³-hybridized carbons (Fsp3) is 0.545. The molecule has 0 bridgehead atoms. The Labute approximate surface area is 89.2 Å². The molecule has 1 aliphatic rings. The maximum Gasteiger partial charge on any atom is 0.236 e. The Bertz CT molecular complexity index is 321. The summed E-state index contributed by atoms with van der Waals surface area (Å²) in [5, 5.41) is 3.06. The van der Waals surface area contributed by atoms with Crippen molar-refractivity contribution < 1.29 is 9.21 Å². The molecule has 1 atom stereocenters. The lowest BCUT2D eigenvalue weighted by molar-refractivity contribution is -0.134. The standard InChI is InChI=1S/C11H16N2O2/c1-9(7-10-3-2-6-15-10)13-5-4-12-8-11(13)14/h2-3,6,9,12H,4-5,7-8H2,1H3. The van der Waals surface area contributed by atoms with Gasteiger partial charge in [-0.25, -0.2) is 0 Å². The molecule has 0 saturated carbocycles. The van der Waals surface area contributed by atoms with Gasteiger partial charge in [0, 0.05) is 25.6 Å². The molecule has 1 N–H and O–H groups in total. The highest BCUT2D eigenvalue weighted by atomic mass is 16.3. The van der Waals surface area contributed by atoms with Crippen LogP contribution < -0.4 is 5.32 Å². The van der Waals surface area contributed by atoms with Crippen molar-refractivity contribution in [2.75, 3.05) is 19.6 Å². The number of carbonyl (C=O) groups is 1. The second-order valence-corrected chi connectivity index (χ2v) is 3.90. The lowest BCUT2D eigenvalue weighted by atomic mass is 10.1. The molecule has 0 aliphatic carbocycles. The first kappa shape index (κ1) is 10.2. The molecular weight excluding hydrogens is 192 g/mol. The van der Waals surface area contributed by atoms with Gasteiger partial charge in [-0.1, -0.05) is 0 Å². The van der Waals surface area contributed by atoms with Crippen LogP contribution in [0.5, 0.6) is 0 Å². The van der Waals surface area contributed by atoms with Crippen LogP contribution in [0.1, 0.15) is 12.7 Å². The molecule has 0 aromatic carbocycles. The first-order valence-corrected chi connectivity index (χ1v) is 5.30. The predicted octanol–water partition coefficient (Wildman–Crippen LogP) is 0.642. The molecule has 1 aromatic heterocycles. The molecule has 2 heterocycles. The van der Waals surface area contributed by atoms with E-state index in [2.05, 4.69) is 12.2 Å². The number of piperazine rings is 1. The molecule has 1 aromatic rings. The van der Waals surface area contributed by atoms with Crippen LogP contribution in [0.2, 0.25) is 0 Å². The molecular formula is C11H16N2O2. The molecule has 82 valence electrons. The maximum absolute atomic E-state index is 11.6. The van der Waals surface area contributed by atoms with Crippen molar-refractivity contribution in [2.24, 2.45) is 0 Å². The van der Waals surface area contributed by atoms with E-state index in [0.717, 1.165) is 25.3 Å². The summed E-state index contributed by atoms with van der Waals surface area (Å²) in [7, 11) is 0. The van der Waals surface area contributed by atoms with Crippen LogP contribution in [0.25, 0.3) is 0 Å². The van der Waals surface area contributed by atoms with Crippen LogP contribution in [0.15, 0.2) is 22.8 Å². The average molecular weight is 208 g/mol. The van der Waals surface area contributed by atoms with Gasteiger partial charge in [-0.2, -0.15) is 0 Å². The lowest BCUT2D eigenvalue weighted by Crippen LogP contribution is -2.52. The molecule has 0 radical (unpaired) electrons. The summed E-state index contributed by atoms with van der Waals surface area (Å²) in [5.74, 6) is 1.12. The highest BCUT2D eigenvalue weighted by Gasteiger charge is 2.23. The van der Waals surface area contributed by atoms with Crippen molar-refractivity contribution >= 4 is 5.91 Å². The zero-order valence-corrected chi connectivity index (χ0v) is 8.90. The van der Waals surface area contributed by atoms with E-state index in [0.29, 0.717) is 6.54 Å². The maximum atomic E-state index is 11.6. The molecule has 0 spiro atoms. The van der Waals surface area contributed by atoms with E-state index < -0.39 is 0 Å². The van der Waals surface area contributed by atoms with Crippen LogP contribution in [-0.4, -0.2) is 36.5 Å². The van der Waals surface area contributed by atoms with Crippen molar-refractivity contribution in [3.63, 3.8) is 0 Å². The van der Waals surface area contributed by atoms with Gasteiger partial charge in [-0.05, 0) is 19.1 Å².